The van der Waals surface area contributed by atoms with Gasteiger partial charge in [0.05, 0.1) is 13.1 Å². The summed E-state index contributed by atoms with van der Waals surface area (Å²) in [5.74, 6) is -0.754. The van der Waals surface area contributed by atoms with Crippen molar-refractivity contribution in [3.8, 4) is 0 Å². The Kier molecular flexibility index (Phi) is 7.95. The quantitative estimate of drug-likeness (QED) is 0.712. The fourth-order valence-corrected chi connectivity index (χ4v) is 2.73. The molecule has 0 fully saturated rings. The molecule has 0 radical (unpaired) electrons. The van der Waals surface area contributed by atoms with Gasteiger partial charge in [-0.25, -0.2) is 4.39 Å². The van der Waals surface area contributed by atoms with Gasteiger partial charge in [0.15, 0.2) is 0 Å². The molecule has 2 aromatic rings. The molecule has 0 heterocycles. The highest BCUT2D eigenvalue weighted by atomic mass is 19.1. The molecule has 27 heavy (non-hydrogen) atoms. The summed E-state index contributed by atoms with van der Waals surface area (Å²) < 4.78 is 13.6. The number of benzene rings is 2. The SMILES string of the molecule is CCCN(CC(=O)NCc1ccccc1F)CC(=O)Nc1ccccc1C. The summed E-state index contributed by atoms with van der Waals surface area (Å²) >= 11 is 0. The Morgan fingerprint density at radius 1 is 1.00 bits per heavy atom. The van der Waals surface area contributed by atoms with Crippen LogP contribution in [0.15, 0.2) is 48.5 Å². The normalized spacial score (nSPS) is 10.7. The van der Waals surface area contributed by atoms with Gasteiger partial charge in [-0.3, -0.25) is 14.5 Å². The molecule has 0 bridgehead atoms. The van der Waals surface area contributed by atoms with E-state index in [1.54, 1.807) is 23.1 Å². The number of nitrogens with one attached hydrogen (secondary N) is 2. The second-order valence-corrected chi connectivity index (χ2v) is 6.44. The predicted octanol–water partition coefficient (Wildman–Crippen LogP) is 3.10. The molecule has 0 saturated heterocycles. The highest BCUT2D eigenvalue weighted by molar-refractivity contribution is 5.93. The van der Waals surface area contributed by atoms with E-state index in [1.807, 2.05) is 38.1 Å². The summed E-state index contributed by atoms with van der Waals surface area (Å²) in [6.45, 7) is 4.87. The van der Waals surface area contributed by atoms with E-state index in [-0.39, 0.29) is 37.3 Å². The first-order chi connectivity index (χ1) is 13.0. The highest BCUT2D eigenvalue weighted by Gasteiger charge is 2.15. The summed E-state index contributed by atoms with van der Waals surface area (Å²) in [5, 5.41) is 5.58. The second-order valence-electron chi connectivity index (χ2n) is 6.44. The standard InChI is InChI=1S/C21H26FN3O2/c1-3-12-25(15-21(27)24-19-11-7-4-8-16(19)2)14-20(26)23-13-17-9-5-6-10-18(17)22/h4-11H,3,12-15H2,1-2H3,(H,23,26)(H,24,27). The van der Waals surface area contributed by atoms with Gasteiger partial charge in [0.2, 0.25) is 11.8 Å². The smallest absolute Gasteiger partial charge is 0.238 e. The number of hydrogen-bond donors (Lipinski definition) is 2. The van der Waals surface area contributed by atoms with Crippen LogP contribution >= 0.6 is 0 Å². The van der Waals surface area contributed by atoms with Gasteiger partial charge in [-0.05, 0) is 37.6 Å². The predicted molar refractivity (Wildman–Crippen MR) is 105 cm³/mol. The molecule has 0 aliphatic heterocycles. The first kappa shape index (κ1) is 20.6. The van der Waals surface area contributed by atoms with E-state index in [9.17, 15) is 14.0 Å². The third kappa shape index (κ3) is 6.83. The molecule has 0 spiro atoms. The van der Waals surface area contributed by atoms with Crippen molar-refractivity contribution in [3.63, 3.8) is 0 Å². The monoisotopic (exact) mass is 371 g/mol. The van der Waals surface area contributed by atoms with Crippen molar-refractivity contribution < 1.29 is 14.0 Å². The van der Waals surface area contributed by atoms with E-state index in [0.29, 0.717) is 12.1 Å². The van der Waals surface area contributed by atoms with E-state index >= 15 is 0 Å². The Morgan fingerprint density at radius 2 is 1.67 bits per heavy atom. The van der Waals surface area contributed by atoms with Crippen LogP contribution in [-0.2, 0) is 16.1 Å². The molecule has 0 atom stereocenters. The number of anilines is 1. The van der Waals surface area contributed by atoms with Crippen molar-refractivity contribution in [1.29, 1.82) is 0 Å². The van der Waals surface area contributed by atoms with Crippen LogP contribution in [0.1, 0.15) is 24.5 Å². The van der Waals surface area contributed by atoms with Gasteiger partial charge in [-0.15, -0.1) is 0 Å². The fraction of sp³-hybridized carbons (Fsp3) is 0.333. The molecule has 0 saturated carbocycles. The summed E-state index contributed by atoms with van der Waals surface area (Å²) in [6.07, 6.45) is 0.818. The molecule has 2 N–H and O–H groups in total. The van der Waals surface area contributed by atoms with Crippen LogP contribution in [0, 0.1) is 12.7 Å². The van der Waals surface area contributed by atoms with Crippen LogP contribution < -0.4 is 10.6 Å². The van der Waals surface area contributed by atoms with Gasteiger partial charge in [-0.1, -0.05) is 43.3 Å². The third-order valence-corrected chi connectivity index (χ3v) is 4.13. The summed E-state index contributed by atoms with van der Waals surface area (Å²) in [4.78, 5) is 26.3. The lowest BCUT2D eigenvalue weighted by Gasteiger charge is -2.21. The molecule has 2 rings (SSSR count). The number of halogens is 1. The molecule has 0 aliphatic rings. The van der Waals surface area contributed by atoms with Crippen molar-refractivity contribution >= 4 is 17.5 Å². The molecule has 0 aromatic heterocycles. The molecule has 2 amide bonds. The molecule has 5 nitrogen and oxygen atoms in total. The van der Waals surface area contributed by atoms with Gasteiger partial charge in [-0.2, -0.15) is 0 Å². The lowest BCUT2D eigenvalue weighted by Crippen LogP contribution is -2.41. The van der Waals surface area contributed by atoms with E-state index in [4.69, 9.17) is 0 Å². The van der Waals surface area contributed by atoms with Crippen molar-refractivity contribution in [1.82, 2.24) is 10.2 Å². The van der Waals surface area contributed by atoms with Crippen LogP contribution in [0.5, 0.6) is 0 Å². The van der Waals surface area contributed by atoms with Crippen LogP contribution in [0.4, 0.5) is 10.1 Å². The maximum atomic E-state index is 13.6. The second kappa shape index (κ2) is 10.4. The number of aryl methyl sites for hydroxylation is 1. The Balaban J connectivity index is 1.86. The van der Waals surface area contributed by atoms with E-state index in [2.05, 4.69) is 10.6 Å². The average molecular weight is 371 g/mol. The molecular weight excluding hydrogens is 345 g/mol. The zero-order valence-electron chi connectivity index (χ0n) is 15.8. The number of hydrogen-bond acceptors (Lipinski definition) is 3. The van der Waals surface area contributed by atoms with Gasteiger partial charge in [0, 0.05) is 17.8 Å². The minimum Gasteiger partial charge on any atom is -0.351 e. The van der Waals surface area contributed by atoms with Crippen LogP contribution in [0.2, 0.25) is 0 Å². The first-order valence-corrected chi connectivity index (χ1v) is 9.07. The summed E-state index contributed by atoms with van der Waals surface area (Å²) in [7, 11) is 0. The minimum atomic E-state index is -0.346. The lowest BCUT2D eigenvalue weighted by atomic mass is 10.2. The number of carbonyl (C=O) groups excluding carboxylic acids is 2. The fourth-order valence-electron chi connectivity index (χ4n) is 2.73. The Morgan fingerprint density at radius 3 is 2.37 bits per heavy atom. The molecule has 2 aromatic carbocycles. The van der Waals surface area contributed by atoms with Crippen molar-refractivity contribution in [2.75, 3.05) is 25.0 Å². The van der Waals surface area contributed by atoms with E-state index in [1.165, 1.54) is 6.07 Å². The van der Waals surface area contributed by atoms with Crippen molar-refractivity contribution in [2.24, 2.45) is 0 Å². The average Bonchev–Trinajstić information content (AvgIpc) is 2.63. The molecule has 0 unspecified atom stereocenters. The van der Waals surface area contributed by atoms with Gasteiger partial charge >= 0.3 is 0 Å². The van der Waals surface area contributed by atoms with Gasteiger partial charge in [0.25, 0.3) is 0 Å². The van der Waals surface area contributed by atoms with Crippen molar-refractivity contribution in [2.45, 2.75) is 26.8 Å². The summed E-state index contributed by atoms with van der Waals surface area (Å²) in [5.41, 5.74) is 2.18. The molecule has 6 heteroatoms. The van der Waals surface area contributed by atoms with Crippen LogP contribution in [-0.4, -0.2) is 36.3 Å². The Hall–Kier alpha value is -2.73. The Labute approximate surface area is 159 Å². The number of para-hydroxylation sites is 1. The summed E-state index contributed by atoms with van der Waals surface area (Å²) in [6, 6.07) is 13.9. The van der Waals surface area contributed by atoms with E-state index < -0.39 is 0 Å². The maximum Gasteiger partial charge on any atom is 0.238 e. The van der Waals surface area contributed by atoms with Crippen molar-refractivity contribution in [3.05, 3.63) is 65.5 Å². The lowest BCUT2D eigenvalue weighted by molar-refractivity contribution is -0.123. The highest BCUT2D eigenvalue weighted by Crippen LogP contribution is 2.13. The molecule has 0 aliphatic carbocycles. The number of carbonyl (C=O) groups is 2. The largest absolute Gasteiger partial charge is 0.351 e. The number of rotatable bonds is 9. The van der Waals surface area contributed by atoms with Gasteiger partial charge < -0.3 is 10.6 Å². The van der Waals surface area contributed by atoms with Gasteiger partial charge in [0.1, 0.15) is 5.82 Å². The Bertz CT molecular complexity index is 780. The zero-order valence-corrected chi connectivity index (χ0v) is 15.8. The minimum absolute atomic E-state index is 0.0868. The maximum absolute atomic E-state index is 13.6. The van der Waals surface area contributed by atoms with Crippen LogP contribution in [0.3, 0.4) is 0 Å². The topological polar surface area (TPSA) is 61.4 Å². The zero-order chi connectivity index (χ0) is 19.6. The third-order valence-electron chi connectivity index (χ3n) is 4.13. The number of amides is 2. The molecule has 144 valence electrons. The molecular formula is C21H26FN3O2. The first-order valence-electron chi connectivity index (χ1n) is 9.07. The number of nitrogens with zero attached hydrogens (tertiary/aromatic N) is 1. The van der Waals surface area contributed by atoms with E-state index in [0.717, 1.165) is 17.7 Å². The van der Waals surface area contributed by atoms with Crippen LogP contribution in [0.25, 0.3) is 0 Å².